The Bertz CT molecular complexity index is 302. The van der Waals surface area contributed by atoms with Gasteiger partial charge in [-0.1, -0.05) is 0 Å². The summed E-state index contributed by atoms with van der Waals surface area (Å²) in [6.07, 6.45) is 1.40. The molecule has 1 N–H and O–H groups in total. The molecule has 1 nitrogen and oxygen atoms in total. The third-order valence-electron chi connectivity index (χ3n) is 3.03. The molecule has 2 rings (SSSR count). The molecule has 1 saturated heterocycles. The molecule has 0 saturated carbocycles. The van der Waals surface area contributed by atoms with E-state index < -0.39 is 0 Å². The molecule has 1 aromatic heterocycles. The summed E-state index contributed by atoms with van der Waals surface area (Å²) >= 11 is 3.97. The Morgan fingerprint density at radius 1 is 1.60 bits per heavy atom. The molecule has 3 heteroatoms. The third-order valence-corrected chi connectivity index (χ3v) is 5.46. The molecule has 15 heavy (non-hydrogen) atoms. The maximum absolute atomic E-state index is 3.66. The molecule has 2 atom stereocenters. The van der Waals surface area contributed by atoms with Gasteiger partial charge in [-0.3, -0.25) is 0 Å². The molecule has 0 aliphatic carbocycles. The van der Waals surface area contributed by atoms with Gasteiger partial charge in [0.2, 0.25) is 0 Å². The highest BCUT2D eigenvalue weighted by molar-refractivity contribution is 7.99. The topological polar surface area (TPSA) is 12.0 Å². The van der Waals surface area contributed by atoms with E-state index in [-0.39, 0.29) is 0 Å². The summed E-state index contributed by atoms with van der Waals surface area (Å²) in [6.45, 7) is 5.67. The van der Waals surface area contributed by atoms with Crippen molar-refractivity contribution in [3.8, 4) is 0 Å². The van der Waals surface area contributed by atoms with Crippen molar-refractivity contribution in [1.82, 2.24) is 5.32 Å². The van der Waals surface area contributed by atoms with Crippen molar-refractivity contribution in [3.05, 3.63) is 21.9 Å². The fraction of sp³-hybridized carbons (Fsp3) is 0.667. The molecule has 1 aromatic rings. The van der Waals surface area contributed by atoms with E-state index in [9.17, 15) is 0 Å². The zero-order chi connectivity index (χ0) is 10.7. The van der Waals surface area contributed by atoms with Crippen LogP contribution in [0.15, 0.2) is 11.4 Å². The molecule has 2 heterocycles. The van der Waals surface area contributed by atoms with Crippen molar-refractivity contribution in [2.75, 3.05) is 18.1 Å². The molecule has 0 aromatic carbocycles. The van der Waals surface area contributed by atoms with Crippen LogP contribution < -0.4 is 5.32 Å². The molecule has 1 aliphatic heterocycles. The highest BCUT2D eigenvalue weighted by atomic mass is 32.2. The van der Waals surface area contributed by atoms with Crippen LogP contribution in [0.25, 0.3) is 0 Å². The molecule has 0 spiro atoms. The minimum atomic E-state index is 0.524. The van der Waals surface area contributed by atoms with Crippen LogP contribution in [0.3, 0.4) is 0 Å². The number of aryl methyl sites for hydroxylation is 1. The van der Waals surface area contributed by atoms with E-state index in [0.29, 0.717) is 6.04 Å². The van der Waals surface area contributed by atoms with Gasteiger partial charge in [0.15, 0.2) is 0 Å². The second-order valence-corrected chi connectivity index (χ2v) is 6.42. The van der Waals surface area contributed by atoms with Gasteiger partial charge in [-0.2, -0.15) is 11.8 Å². The fourth-order valence-corrected chi connectivity index (χ4v) is 4.25. The lowest BCUT2D eigenvalue weighted by Crippen LogP contribution is -2.25. The number of hydrogen-bond donors (Lipinski definition) is 1. The van der Waals surface area contributed by atoms with Gasteiger partial charge >= 0.3 is 0 Å². The average Bonchev–Trinajstić information content (AvgIpc) is 2.84. The van der Waals surface area contributed by atoms with Gasteiger partial charge in [-0.05, 0) is 61.2 Å². The van der Waals surface area contributed by atoms with Crippen molar-refractivity contribution >= 4 is 23.1 Å². The van der Waals surface area contributed by atoms with E-state index in [1.807, 2.05) is 11.3 Å². The van der Waals surface area contributed by atoms with Crippen LogP contribution in [0, 0.1) is 12.8 Å². The van der Waals surface area contributed by atoms with E-state index in [1.165, 1.54) is 34.9 Å². The lowest BCUT2D eigenvalue weighted by atomic mass is 10.1. The molecule has 0 amide bonds. The first-order valence-electron chi connectivity index (χ1n) is 5.62. The van der Waals surface area contributed by atoms with Gasteiger partial charge in [0.05, 0.1) is 0 Å². The minimum Gasteiger partial charge on any atom is -0.309 e. The number of nitrogens with one attached hydrogen (secondary N) is 1. The molecule has 0 bridgehead atoms. The Hall–Kier alpha value is 0.01000. The van der Waals surface area contributed by atoms with Gasteiger partial charge in [-0.15, -0.1) is 11.3 Å². The predicted molar refractivity (Wildman–Crippen MR) is 70.9 cm³/mol. The maximum atomic E-state index is 3.66. The lowest BCUT2D eigenvalue weighted by molar-refractivity contribution is 0.480. The molecular weight excluding hydrogens is 222 g/mol. The van der Waals surface area contributed by atoms with Gasteiger partial charge in [-0.25, -0.2) is 0 Å². The van der Waals surface area contributed by atoms with Crippen LogP contribution >= 0.6 is 23.1 Å². The van der Waals surface area contributed by atoms with E-state index in [0.717, 1.165) is 5.92 Å². The van der Waals surface area contributed by atoms with E-state index in [2.05, 4.69) is 42.4 Å². The smallest absolute Gasteiger partial charge is 0.0388 e. The minimum absolute atomic E-state index is 0.524. The van der Waals surface area contributed by atoms with E-state index in [4.69, 9.17) is 0 Å². The quantitative estimate of drug-likeness (QED) is 0.866. The molecule has 1 fully saturated rings. The Morgan fingerprint density at radius 2 is 2.47 bits per heavy atom. The van der Waals surface area contributed by atoms with Crippen molar-refractivity contribution in [2.45, 2.75) is 26.3 Å². The Balaban J connectivity index is 1.81. The standard InChI is InChI=1S/C12H19NS2/c1-9-3-6-15-12(9)10(2)13-7-11-4-5-14-8-11/h3,6,10-11,13H,4-5,7-8H2,1-2H3. The highest BCUT2D eigenvalue weighted by Crippen LogP contribution is 2.26. The summed E-state index contributed by atoms with van der Waals surface area (Å²) in [5.41, 5.74) is 1.43. The summed E-state index contributed by atoms with van der Waals surface area (Å²) in [6, 6.07) is 2.74. The number of rotatable bonds is 4. The first-order valence-corrected chi connectivity index (χ1v) is 7.66. The van der Waals surface area contributed by atoms with E-state index in [1.54, 1.807) is 0 Å². The molecular formula is C12H19NS2. The largest absolute Gasteiger partial charge is 0.309 e. The maximum Gasteiger partial charge on any atom is 0.0388 e. The Morgan fingerprint density at radius 3 is 3.07 bits per heavy atom. The number of hydrogen-bond acceptors (Lipinski definition) is 3. The first-order chi connectivity index (χ1) is 7.27. The fourth-order valence-electron chi connectivity index (χ4n) is 2.01. The normalized spacial score (nSPS) is 23.2. The third kappa shape index (κ3) is 2.99. The zero-order valence-corrected chi connectivity index (χ0v) is 11.1. The highest BCUT2D eigenvalue weighted by Gasteiger charge is 2.17. The second-order valence-electron chi connectivity index (χ2n) is 4.33. The van der Waals surface area contributed by atoms with Crippen LogP contribution in [-0.4, -0.2) is 18.1 Å². The first kappa shape index (κ1) is 11.5. The van der Waals surface area contributed by atoms with Crippen LogP contribution in [0.5, 0.6) is 0 Å². The molecule has 2 unspecified atom stereocenters. The summed E-state index contributed by atoms with van der Waals surface area (Å²) in [7, 11) is 0. The number of thioether (sulfide) groups is 1. The summed E-state index contributed by atoms with van der Waals surface area (Å²) in [4.78, 5) is 1.50. The van der Waals surface area contributed by atoms with Gasteiger partial charge < -0.3 is 5.32 Å². The molecule has 0 radical (unpaired) electrons. The van der Waals surface area contributed by atoms with Crippen LogP contribution in [-0.2, 0) is 0 Å². The zero-order valence-electron chi connectivity index (χ0n) is 9.45. The van der Waals surface area contributed by atoms with Crippen LogP contribution in [0.4, 0.5) is 0 Å². The Labute approximate surface area is 101 Å². The van der Waals surface area contributed by atoms with Crippen molar-refractivity contribution < 1.29 is 0 Å². The van der Waals surface area contributed by atoms with Crippen molar-refractivity contribution in [1.29, 1.82) is 0 Å². The molecule has 84 valence electrons. The van der Waals surface area contributed by atoms with E-state index >= 15 is 0 Å². The summed E-state index contributed by atoms with van der Waals surface area (Å²) < 4.78 is 0. The van der Waals surface area contributed by atoms with Gasteiger partial charge in [0, 0.05) is 10.9 Å². The summed E-state index contributed by atoms with van der Waals surface area (Å²) in [5.74, 6) is 3.61. The van der Waals surface area contributed by atoms with Gasteiger partial charge in [0.25, 0.3) is 0 Å². The average molecular weight is 241 g/mol. The van der Waals surface area contributed by atoms with Crippen LogP contribution in [0.2, 0.25) is 0 Å². The lowest BCUT2D eigenvalue weighted by Gasteiger charge is -2.16. The van der Waals surface area contributed by atoms with Crippen molar-refractivity contribution in [3.63, 3.8) is 0 Å². The second kappa shape index (κ2) is 5.37. The summed E-state index contributed by atoms with van der Waals surface area (Å²) in [5, 5.41) is 5.85. The van der Waals surface area contributed by atoms with Crippen molar-refractivity contribution in [2.24, 2.45) is 5.92 Å². The predicted octanol–water partition coefficient (Wildman–Crippen LogP) is 3.46. The van der Waals surface area contributed by atoms with Crippen LogP contribution in [0.1, 0.15) is 29.8 Å². The Kier molecular flexibility index (Phi) is 4.12. The van der Waals surface area contributed by atoms with Gasteiger partial charge in [0.1, 0.15) is 0 Å². The SMILES string of the molecule is Cc1ccsc1C(C)NCC1CCSC1. The number of thiophene rings is 1. The monoisotopic (exact) mass is 241 g/mol. The molecule has 1 aliphatic rings.